The fourth-order valence-electron chi connectivity index (χ4n) is 3.91. The fourth-order valence-corrected chi connectivity index (χ4v) is 6.31. The third kappa shape index (κ3) is 5.60. The first-order valence-electron chi connectivity index (χ1n) is 10.1. The Hall–Kier alpha value is -2.50. The second-order valence-electron chi connectivity index (χ2n) is 7.81. The van der Waals surface area contributed by atoms with Gasteiger partial charge in [-0.3, -0.25) is 4.79 Å². The number of carbonyl (C=O) groups is 1. The maximum Gasteiger partial charge on any atom is 0.306 e. The Kier molecular flexibility index (Phi) is 7.63. The van der Waals surface area contributed by atoms with Crippen LogP contribution in [0.3, 0.4) is 0 Å². The molecule has 0 aliphatic carbocycles. The highest BCUT2D eigenvalue weighted by molar-refractivity contribution is 8.16. The van der Waals surface area contributed by atoms with Crippen LogP contribution in [0.4, 0.5) is 0 Å². The number of thiol groups is 1. The lowest BCUT2D eigenvalue weighted by atomic mass is 9.93. The molecule has 1 aliphatic heterocycles. The van der Waals surface area contributed by atoms with Gasteiger partial charge in [0.05, 0.1) is 25.2 Å². The Balaban J connectivity index is 1.78. The third-order valence-corrected chi connectivity index (χ3v) is 8.05. The van der Waals surface area contributed by atoms with Crippen molar-refractivity contribution >= 4 is 16.9 Å². The lowest BCUT2D eigenvalue weighted by Crippen LogP contribution is -2.47. The normalized spacial score (nSPS) is 26.7. The van der Waals surface area contributed by atoms with E-state index < -0.39 is 35.2 Å². The topological polar surface area (TPSA) is 107 Å². The number of aliphatic hydroxyl groups is 3. The predicted octanol–water partition coefficient (Wildman–Crippen LogP) is 1.88. The van der Waals surface area contributed by atoms with Crippen molar-refractivity contribution in [3.05, 3.63) is 64.7 Å². The first-order chi connectivity index (χ1) is 14.8. The van der Waals surface area contributed by atoms with E-state index in [1.165, 1.54) is 0 Å². The Morgan fingerprint density at radius 1 is 1.16 bits per heavy atom. The number of hydrogen-bond donors (Lipinski definition) is 5. The van der Waals surface area contributed by atoms with Crippen LogP contribution in [0, 0.1) is 12.3 Å². The van der Waals surface area contributed by atoms with Gasteiger partial charge in [0.25, 0.3) is 0 Å². The molecule has 0 aromatic heterocycles. The number of carboxylic acid groups (broad SMARTS) is 1. The number of terminal acetylenes is 1. The van der Waals surface area contributed by atoms with E-state index in [0.717, 1.165) is 22.3 Å². The van der Waals surface area contributed by atoms with Crippen LogP contribution >= 0.6 is 10.9 Å². The molecule has 31 heavy (non-hydrogen) atoms. The van der Waals surface area contributed by atoms with Crippen molar-refractivity contribution in [3.8, 4) is 18.1 Å². The molecule has 0 spiro atoms. The summed E-state index contributed by atoms with van der Waals surface area (Å²) in [5.41, 5.74) is 3.62. The summed E-state index contributed by atoms with van der Waals surface area (Å²) < 4.78 is 5.42. The molecule has 0 radical (unpaired) electrons. The van der Waals surface area contributed by atoms with E-state index >= 15 is 0 Å². The van der Waals surface area contributed by atoms with Gasteiger partial charge in [0.1, 0.15) is 11.9 Å². The molecular formula is C24H28O6S. The summed E-state index contributed by atoms with van der Waals surface area (Å²) in [6, 6.07) is 13.2. The van der Waals surface area contributed by atoms with Crippen LogP contribution in [0.5, 0.6) is 5.75 Å². The zero-order valence-electron chi connectivity index (χ0n) is 17.3. The van der Waals surface area contributed by atoms with E-state index in [1.54, 1.807) is 12.1 Å². The molecule has 7 heteroatoms. The van der Waals surface area contributed by atoms with Gasteiger partial charge in [-0.2, -0.15) is 0 Å². The molecule has 1 saturated heterocycles. The number of carboxylic acids is 1. The smallest absolute Gasteiger partial charge is 0.306 e. The van der Waals surface area contributed by atoms with Crippen LogP contribution in [0.2, 0.25) is 0 Å². The minimum atomic E-state index is -1.16. The average molecular weight is 445 g/mol. The molecule has 2 aromatic carbocycles. The minimum absolute atomic E-state index is 0.0568. The number of hydrogen-bond acceptors (Lipinski definition) is 5. The molecule has 1 fully saturated rings. The highest BCUT2D eigenvalue weighted by atomic mass is 32.2. The van der Waals surface area contributed by atoms with E-state index in [1.807, 2.05) is 36.6 Å². The SMILES string of the molecule is C#Cc1ccc([C@H]2[C@H](O)[C@H](O)[C@H](O)C[SH]2C)cc1Cc1ccc(OCCC(=O)O)cc1. The molecule has 4 N–H and O–H groups in total. The van der Waals surface area contributed by atoms with Gasteiger partial charge in [-0.1, -0.05) is 30.2 Å². The van der Waals surface area contributed by atoms with Gasteiger partial charge < -0.3 is 25.2 Å². The Bertz CT molecular complexity index is 952. The van der Waals surface area contributed by atoms with E-state index in [0.29, 0.717) is 17.9 Å². The minimum Gasteiger partial charge on any atom is -0.493 e. The number of ether oxygens (including phenoxy) is 1. The van der Waals surface area contributed by atoms with Crippen molar-refractivity contribution in [2.75, 3.05) is 18.6 Å². The van der Waals surface area contributed by atoms with Crippen molar-refractivity contribution in [1.82, 2.24) is 0 Å². The Morgan fingerprint density at radius 2 is 1.87 bits per heavy atom. The lowest BCUT2D eigenvalue weighted by molar-refractivity contribution is -0.137. The maximum absolute atomic E-state index is 10.6. The van der Waals surface area contributed by atoms with Crippen LogP contribution in [-0.2, 0) is 11.2 Å². The van der Waals surface area contributed by atoms with Gasteiger partial charge >= 0.3 is 5.97 Å². The molecule has 0 bridgehead atoms. The molecular weight excluding hydrogens is 416 g/mol. The molecule has 1 aliphatic rings. The van der Waals surface area contributed by atoms with Crippen LogP contribution in [-0.4, -0.2) is 63.3 Å². The van der Waals surface area contributed by atoms with Crippen LogP contribution in [0.15, 0.2) is 42.5 Å². The van der Waals surface area contributed by atoms with Crippen molar-refractivity contribution in [2.45, 2.75) is 36.4 Å². The number of aliphatic carboxylic acids is 1. The largest absolute Gasteiger partial charge is 0.493 e. The van der Waals surface area contributed by atoms with E-state index in [-0.39, 0.29) is 18.3 Å². The zero-order valence-corrected chi connectivity index (χ0v) is 18.2. The van der Waals surface area contributed by atoms with Gasteiger partial charge in [0.2, 0.25) is 0 Å². The highest BCUT2D eigenvalue weighted by Crippen LogP contribution is 2.48. The van der Waals surface area contributed by atoms with Crippen LogP contribution in [0.25, 0.3) is 0 Å². The Labute approximate surface area is 184 Å². The van der Waals surface area contributed by atoms with Gasteiger partial charge in [0, 0.05) is 16.6 Å². The molecule has 6 nitrogen and oxygen atoms in total. The predicted molar refractivity (Wildman–Crippen MR) is 122 cm³/mol. The molecule has 3 rings (SSSR count). The zero-order chi connectivity index (χ0) is 22.5. The standard InChI is InChI=1S/C24H28O6S/c1-3-16-6-7-17(24-23(29)22(28)20(25)14-31(24)2)13-18(16)12-15-4-8-19(9-5-15)30-11-10-21(26)27/h1,4-9,13,20,22-25,28-29,31H,10-12,14H2,2H3,(H,26,27)/t20-,22-,23-,24+/m1/s1. The molecule has 2 aromatic rings. The summed E-state index contributed by atoms with van der Waals surface area (Å²) in [5, 5.41) is 39.2. The lowest BCUT2D eigenvalue weighted by Gasteiger charge is -2.42. The summed E-state index contributed by atoms with van der Waals surface area (Å²) in [4.78, 5) is 10.6. The molecule has 1 unspecified atom stereocenters. The van der Waals surface area contributed by atoms with Gasteiger partial charge in [-0.25, -0.2) is 10.9 Å². The van der Waals surface area contributed by atoms with E-state index in [2.05, 4.69) is 5.92 Å². The quantitative estimate of drug-likeness (QED) is 0.330. The van der Waals surface area contributed by atoms with Crippen molar-refractivity contribution in [2.24, 2.45) is 0 Å². The Morgan fingerprint density at radius 3 is 2.52 bits per heavy atom. The molecule has 166 valence electrons. The first kappa shape index (κ1) is 23.2. The summed E-state index contributed by atoms with van der Waals surface area (Å²) in [7, 11) is -0.707. The summed E-state index contributed by atoms with van der Waals surface area (Å²) in [5.74, 6) is 2.89. The van der Waals surface area contributed by atoms with Gasteiger partial charge in [-0.15, -0.1) is 6.42 Å². The van der Waals surface area contributed by atoms with Gasteiger partial charge in [-0.05, 0) is 47.6 Å². The molecule has 1 heterocycles. The number of aliphatic hydroxyl groups excluding tert-OH is 3. The second kappa shape index (κ2) is 10.2. The molecule has 0 saturated carbocycles. The first-order valence-corrected chi connectivity index (χ1v) is 12.1. The summed E-state index contributed by atoms with van der Waals surface area (Å²) in [6.45, 7) is 0.113. The van der Waals surface area contributed by atoms with Crippen molar-refractivity contribution < 1.29 is 30.0 Å². The molecule has 0 amide bonds. The van der Waals surface area contributed by atoms with Crippen LogP contribution < -0.4 is 4.74 Å². The summed E-state index contributed by atoms with van der Waals surface area (Å²) in [6.07, 6.45) is 5.16. The monoisotopic (exact) mass is 444 g/mol. The van der Waals surface area contributed by atoms with E-state index in [9.17, 15) is 20.1 Å². The van der Waals surface area contributed by atoms with E-state index in [4.69, 9.17) is 16.3 Å². The summed E-state index contributed by atoms with van der Waals surface area (Å²) >= 11 is 0. The van der Waals surface area contributed by atoms with Crippen molar-refractivity contribution in [3.63, 3.8) is 0 Å². The molecule has 5 atom stereocenters. The van der Waals surface area contributed by atoms with Gasteiger partial charge in [0.15, 0.2) is 0 Å². The second-order valence-corrected chi connectivity index (χ2v) is 10.2. The number of benzene rings is 2. The average Bonchev–Trinajstić information content (AvgIpc) is 2.73. The maximum atomic E-state index is 10.6. The number of rotatable bonds is 7. The third-order valence-electron chi connectivity index (χ3n) is 5.55. The van der Waals surface area contributed by atoms with Crippen LogP contribution in [0.1, 0.15) is 33.9 Å². The highest BCUT2D eigenvalue weighted by Gasteiger charge is 2.40. The fraction of sp³-hybridized carbons (Fsp3) is 0.375. The van der Waals surface area contributed by atoms with Crippen molar-refractivity contribution in [1.29, 1.82) is 0 Å².